The molecule has 1 aliphatic rings. The summed E-state index contributed by atoms with van der Waals surface area (Å²) in [4.78, 5) is 1.38. The van der Waals surface area contributed by atoms with Crippen molar-refractivity contribution >= 4 is 0 Å². The number of likely N-dealkylation sites (tertiary alicyclic amines) is 1. The lowest BCUT2D eigenvalue weighted by molar-refractivity contribution is -0.193. The lowest BCUT2D eigenvalue weighted by atomic mass is 10.0. The number of nitrogens with zero attached hydrogens (tertiary/aromatic N) is 1. The molecule has 0 bridgehead atoms. The monoisotopic (exact) mass is 270 g/mol. The standard InChI is InChI=1S/C11H21F3N2O2/c1-8(15)10(11(12,13)14)16-4-2-9(3-5-16)18-7-6-17/h8-10,17H,2-7,15H2,1H3. The molecule has 108 valence electrons. The van der Waals surface area contributed by atoms with Gasteiger partial charge in [-0.05, 0) is 19.8 Å². The van der Waals surface area contributed by atoms with Gasteiger partial charge in [0.15, 0.2) is 0 Å². The zero-order chi connectivity index (χ0) is 13.8. The van der Waals surface area contributed by atoms with Crippen LogP contribution in [0.3, 0.4) is 0 Å². The number of ether oxygens (including phenoxy) is 1. The Labute approximate surface area is 105 Å². The first kappa shape index (κ1) is 15.7. The summed E-state index contributed by atoms with van der Waals surface area (Å²) in [6.45, 7) is 2.20. The molecule has 0 aromatic carbocycles. The number of alkyl halides is 3. The van der Waals surface area contributed by atoms with Crippen LogP contribution in [0.5, 0.6) is 0 Å². The van der Waals surface area contributed by atoms with E-state index in [0.29, 0.717) is 25.9 Å². The molecule has 2 unspecified atom stereocenters. The first-order chi connectivity index (χ1) is 8.36. The Balaban J connectivity index is 2.49. The van der Waals surface area contributed by atoms with Crippen molar-refractivity contribution in [3.05, 3.63) is 0 Å². The predicted octanol–water partition coefficient (Wildman–Crippen LogP) is 0.738. The van der Waals surface area contributed by atoms with Crippen LogP contribution >= 0.6 is 0 Å². The fourth-order valence-electron chi connectivity index (χ4n) is 2.38. The minimum absolute atomic E-state index is 0.0598. The molecule has 7 heteroatoms. The van der Waals surface area contributed by atoms with E-state index in [9.17, 15) is 13.2 Å². The lowest BCUT2D eigenvalue weighted by Gasteiger charge is -2.39. The van der Waals surface area contributed by atoms with Crippen LogP contribution in [0.15, 0.2) is 0 Å². The zero-order valence-electron chi connectivity index (χ0n) is 10.5. The van der Waals surface area contributed by atoms with Crippen LogP contribution in [0.2, 0.25) is 0 Å². The molecule has 0 saturated carbocycles. The van der Waals surface area contributed by atoms with Gasteiger partial charge in [-0.15, -0.1) is 0 Å². The van der Waals surface area contributed by atoms with Gasteiger partial charge in [-0.25, -0.2) is 0 Å². The number of halogens is 3. The van der Waals surface area contributed by atoms with E-state index in [4.69, 9.17) is 15.6 Å². The second-order valence-electron chi connectivity index (χ2n) is 4.68. The number of rotatable bonds is 5. The van der Waals surface area contributed by atoms with E-state index in [1.807, 2.05) is 0 Å². The van der Waals surface area contributed by atoms with Gasteiger partial charge in [0.1, 0.15) is 6.04 Å². The molecule has 2 atom stereocenters. The summed E-state index contributed by atoms with van der Waals surface area (Å²) in [6, 6.07) is -2.53. The molecule has 18 heavy (non-hydrogen) atoms. The second-order valence-corrected chi connectivity index (χ2v) is 4.68. The molecule has 0 radical (unpaired) electrons. The summed E-state index contributed by atoms with van der Waals surface area (Å²) in [6.07, 6.45) is -3.28. The van der Waals surface area contributed by atoms with Crippen LogP contribution in [-0.4, -0.2) is 60.7 Å². The van der Waals surface area contributed by atoms with Gasteiger partial charge in [0.05, 0.1) is 19.3 Å². The highest BCUT2D eigenvalue weighted by atomic mass is 19.4. The number of hydrogen-bond acceptors (Lipinski definition) is 4. The zero-order valence-corrected chi connectivity index (χ0v) is 10.5. The Kier molecular flexibility index (Phi) is 5.84. The van der Waals surface area contributed by atoms with Crippen LogP contribution in [0, 0.1) is 0 Å². The van der Waals surface area contributed by atoms with Crippen LogP contribution in [0.1, 0.15) is 19.8 Å². The minimum atomic E-state index is -4.30. The van der Waals surface area contributed by atoms with Gasteiger partial charge >= 0.3 is 6.18 Å². The predicted molar refractivity (Wildman–Crippen MR) is 61.1 cm³/mol. The van der Waals surface area contributed by atoms with Crippen molar-refractivity contribution in [2.75, 3.05) is 26.3 Å². The SMILES string of the molecule is CC(N)C(N1CCC(OCCO)CC1)C(F)(F)F. The third kappa shape index (κ3) is 4.38. The summed E-state index contributed by atoms with van der Waals surface area (Å²) in [5.41, 5.74) is 5.44. The van der Waals surface area contributed by atoms with Crippen molar-refractivity contribution in [2.24, 2.45) is 5.73 Å². The molecule has 1 saturated heterocycles. The van der Waals surface area contributed by atoms with Gasteiger partial charge in [-0.1, -0.05) is 0 Å². The smallest absolute Gasteiger partial charge is 0.394 e. The molecule has 1 aliphatic heterocycles. The molecule has 1 rings (SSSR count). The Morgan fingerprint density at radius 2 is 1.94 bits per heavy atom. The maximum absolute atomic E-state index is 12.9. The summed E-state index contributed by atoms with van der Waals surface area (Å²) in [5, 5.41) is 8.62. The number of nitrogens with two attached hydrogens (primary N) is 1. The van der Waals surface area contributed by atoms with E-state index < -0.39 is 18.3 Å². The van der Waals surface area contributed by atoms with Gasteiger partial charge in [0.2, 0.25) is 0 Å². The van der Waals surface area contributed by atoms with Gasteiger partial charge in [0.25, 0.3) is 0 Å². The highest BCUT2D eigenvalue weighted by Crippen LogP contribution is 2.29. The van der Waals surface area contributed by atoms with Crippen molar-refractivity contribution in [3.8, 4) is 0 Å². The van der Waals surface area contributed by atoms with Crippen molar-refractivity contribution in [1.82, 2.24) is 4.90 Å². The number of piperidine rings is 1. The van der Waals surface area contributed by atoms with E-state index in [0.717, 1.165) is 0 Å². The summed E-state index contributed by atoms with van der Waals surface area (Å²) >= 11 is 0. The first-order valence-corrected chi connectivity index (χ1v) is 6.15. The number of aliphatic hydroxyl groups is 1. The molecule has 0 aromatic rings. The molecule has 0 amide bonds. The summed E-state index contributed by atoms with van der Waals surface area (Å²) in [5.74, 6) is 0. The Morgan fingerprint density at radius 1 is 1.39 bits per heavy atom. The van der Waals surface area contributed by atoms with Crippen molar-refractivity contribution in [3.63, 3.8) is 0 Å². The molecular formula is C11H21F3N2O2. The maximum atomic E-state index is 12.9. The Hall–Kier alpha value is -0.370. The third-order valence-electron chi connectivity index (χ3n) is 3.15. The van der Waals surface area contributed by atoms with Crippen molar-refractivity contribution in [1.29, 1.82) is 0 Å². The second kappa shape index (κ2) is 6.70. The normalized spacial score (nSPS) is 23.0. The molecular weight excluding hydrogens is 249 g/mol. The van der Waals surface area contributed by atoms with E-state index in [1.165, 1.54) is 11.8 Å². The van der Waals surface area contributed by atoms with E-state index in [-0.39, 0.29) is 19.3 Å². The van der Waals surface area contributed by atoms with E-state index in [2.05, 4.69) is 0 Å². The molecule has 4 nitrogen and oxygen atoms in total. The molecule has 1 heterocycles. The van der Waals surface area contributed by atoms with Gasteiger partial charge in [-0.2, -0.15) is 13.2 Å². The van der Waals surface area contributed by atoms with Crippen molar-refractivity contribution < 1.29 is 23.0 Å². The summed E-state index contributed by atoms with van der Waals surface area (Å²) in [7, 11) is 0. The quantitative estimate of drug-likeness (QED) is 0.773. The Morgan fingerprint density at radius 3 is 2.33 bits per heavy atom. The molecule has 3 N–H and O–H groups in total. The topological polar surface area (TPSA) is 58.7 Å². The highest BCUT2D eigenvalue weighted by Gasteiger charge is 2.46. The molecule has 0 aliphatic carbocycles. The molecule has 0 spiro atoms. The van der Waals surface area contributed by atoms with Crippen LogP contribution in [0.4, 0.5) is 13.2 Å². The molecule has 1 fully saturated rings. The fraction of sp³-hybridized carbons (Fsp3) is 1.00. The average Bonchev–Trinajstić information content (AvgIpc) is 2.25. The number of aliphatic hydroxyl groups excluding tert-OH is 1. The van der Waals surface area contributed by atoms with Gasteiger partial charge < -0.3 is 15.6 Å². The lowest BCUT2D eigenvalue weighted by Crippen LogP contribution is -2.57. The highest BCUT2D eigenvalue weighted by molar-refractivity contribution is 4.88. The van der Waals surface area contributed by atoms with Crippen LogP contribution < -0.4 is 5.73 Å². The largest absolute Gasteiger partial charge is 0.405 e. The minimum Gasteiger partial charge on any atom is -0.394 e. The molecule has 0 aromatic heterocycles. The van der Waals surface area contributed by atoms with E-state index >= 15 is 0 Å². The van der Waals surface area contributed by atoms with E-state index in [1.54, 1.807) is 0 Å². The summed E-state index contributed by atoms with van der Waals surface area (Å²) < 4.78 is 43.9. The average molecular weight is 270 g/mol. The Bertz CT molecular complexity index is 241. The fourth-order valence-corrected chi connectivity index (χ4v) is 2.38. The van der Waals surface area contributed by atoms with Crippen LogP contribution in [0.25, 0.3) is 0 Å². The first-order valence-electron chi connectivity index (χ1n) is 6.15. The third-order valence-corrected chi connectivity index (χ3v) is 3.15. The van der Waals surface area contributed by atoms with Gasteiger partial charge in [-0.3, -0.25) is 4.90 Å². The number of hydrogen-bond donors (Lipinski definition) is 2. The van der Waals surface area contributed by atoms with Gasteiger partial charge in [0, 0.05) is 19.1 Å². The maximum Gasteiger partial charge on any atom is 0.405 e. The van der Waals surface area contributed by atoms with Crippen molar-refractivity contribution in [2.45, 2.75) is 44.1 Å². The van der Waals surface area contributed by atoms with Crippen LogP contribution in [-0.2, 0) is 4.74 Å².